The highest BCUT2D eigenvalue weighted by Crippen LogP contribution is 2.63. The fraction of sp³-hybridized carbons (Fsp3) is 0.314. The van der Waals surface area contributed by atoms with Crippen molar-refractivity contribution in [2.75, 3.05) is 28.8 Å². The van der Waals surface area contributed by atoms with Crippen molar-refractivity contribution in [2.24, 2.45) is 5.92 Å². The number of rotatable bonds is 1. The predicted molar refractivity (Wildman–Crippen MR) is 166 cm³/mol. The number of fused-ring (bicyclic) bond motifs is 10. The largest absolute Gasteiger partial charge is 0.454 e. The third-order valence-electron chi connectivity index (χ3n) is 11.2. The number of nitrogens with zero attached hydrogens (tertiary/aromatic N) is 6. The van der Waals surface area contributed by atoms with E-state index in [2.05, 4.69) is 113 Å². The first-order valence-electron chi connectivity index (χ1n) is 15.2. The second-order valence-electron chi connectivity index (χ2n) is 12.9. The molecule has 7 heteroatoms. The lowest BCUT2D eigenvalue weighted by molar-refractivity contribution is 0.181. The van der Waals surface area contributed by atoms with Crippen LogP contribution in [0.2, 0.25) is 0 Å². The Morgan fingerprint density at radius 2 is 1.88 bits per heavy atom. The van der Waals surface area contributed by atoms with Crippen LogP contribution in [-0.4, -0.2) is 41.3 Å². The van der Waals surface area contributed by atoms with Crippen LogP contribution in [0.1, 0.15) is 42.4 Å². The average Bonchev–Trinajstić information content (AvgIpc) is 3.71. The molecule has 10 rings (SSSR count). The van der Waals surface area contributed by atoms with Gasteiger partial charge in [0.15, 0.2) is 11.4 Å². The van der Waals surface area contributed by atoms with Gasteiger partial charge in [0.1, 0.15) is 29.9 Å². The number of para-hydroxylation sites is 1. The van der Waals surface area contributed by atoms with Gasteiger partial charge in [-0.3, -0.25) is 0 Å². The van der Waals surface area contributed by atoms with Crippen LogP contribution in [0, 0.1) is 5.92 Å². The van der Waals surface area contributed by atoms with Crippen molar-refractivity contribution in [3.05, 3.63) is 96.2 Å². The van der Waals surface area contributed by atoms with Gasteiger partial charge in [-0.2, -0.15) is 0 Å². The van der Waals surface area contributed by atoms with Crippen LogP contribution in [0.3, 0.4) is 0 Å². The summed E-state index contributed by atoms with van der Waals surface area (Å²) in [5.41, 5.74) is 9.90. The first kappa shape index (κ1) is 23.1. The number of hydrogen-bond donors (Lipinski definition) is 0. The molecular formula is C35H32N6O. The molecule has 0 amide bonds. The van der Waals surface area contributed by atoms with Crippen LogP contribution in [-0.2, 0) is 11.8 Å². The molecule has 4 aliphatic heterocycles. The van der Waals surface area contributed by atoms with E-state index in [-0.39, 0.29) is 23.7 Å². The molecule has 4 bridgehead atoms. The molecule has 0 saturated carbocycles. The van der Waals surface area contributed by atoms with E-state index in [9.17, 15) is 0 Å². The van der Waals surface area contributed by atoms with Crippen LogP contribution < -0.4 is 14.7 Å². The van der Waals surface area contributed by atoms with E-state index in [1.807, 2.05) is 6.20 Å². The van der Waals surface area contributed by atoms with Gasteiger partial charge in [0, 0.05) is 54.3 Å². The van der Waals surface area contributed by atoms with Gasteiger partial charge in [-0.25, -0.2) is 9.97 Å². The fourth-order valence-corrected chi connectivity index (χ4v) is 9.48. The minimum absolute atomic E-state index is 0.0117. The highest BCUT2D eigenvalue weighted by molar-refractivity contribution is 6.10. The normalized spacial score (nSPS) is 28.1. The summed E-state index contributed by atoms with van der Waals surface area (Å²) in [4.78, 5) is 19.3. The van der Waals surface area contributed by atoms with Gasteiger partial charge in [-0.15, -0.1) is 0 Å². The first-order chi connectivity index (χ1) is 20.6. The van der Waals surface area contributed by atoms with Crippen molar-refractivity contribution < 1.29 is 4.42 Å². The molecule has 0 N–H and O–H groups in total. The Morgan fingerprint density at radius 1 is 0.976 bits per heavy atom. The summed E-state index contributed by atoms with van der Waals surface area (Å²) in [5, 5.41) is 2.37. The van der Waals surface area contributed by atoms with Crippen molar-refractivity contribution in [3.8, 4) is 0 Å². The van der Waals surface area contributed by atoms with Crippen molar-refractivity contribution in [2.45, 2.75) is 49.9 Å². The van der Waals surface area contributed by atoms with Crippen molar-refractivity contribution >= 4 is 44.8 Å². The number of hydrogen-bond acceptors (Lipinski definition) is 7. The lowest BCUT2D eigenvalue weighted by atomic mass is 9.62. The quantitative estimate of drug-likeness (QED) is 0.225. The second-order valence-corrected chi connectivity index (χ2v) is 12.9. The smallest absolute Gasteiger partial charge is 0.161 e. The maximum atomic E-state index is 6.78. The number of furan rings is 1. The summed E-state index contributed by atoms with van der Waals surface area (Å²) in [6.45, 7) is 2.40. The summed E-state index contributed by atoms with van der Waals surface area (Å²) < 4.78 is 6.78. The molecule has 3 aromatic carbocycles. The molecule has 42 heavy (non-hydrogen) atoms. The summed E-state index contributed by atoms with van der Waals surface area (Å²) in [5.74, 6) is 1.62. The highest BCUT2D eigenvalue weighted by atomic mass is 16.3. The topological polar surface area (TPSA) is 51.9 Å². The monoisotopic (exact) mass is 552 g/mol. The average molecular weight is 553 g/mol. The third kappa shape index (κ3) is 2.56. The minimum atomic E-state index is -0.0117. The summed E-state index contributed by atoms with van der Waals surface area (Å²) in [6.07, 6.45) is 11.6. The molecule has 0 spiro atoms. The molecule has 5 aliphatic rings. The molecule has 0 radical (unpaired) electrons. The zero-order valence-electron chi connectivity index (χ0n) is 24.0. The van der Waals surface area contributed by atoms with Gasteiger partial charge in [-0.05, 0) is 54.0 Å². The van der Waals surface area contributed by atoms with E-state index in [4.69, 9.17) is 9.40 Å². The number of aromatic nitrogens is 2. The molecule has 6 heterocycles. The van der Waals surface area contributed by atoms with Crippen molar-refractivity contribution in [1.29, 1.82) is 0 Å². The van der Waals surface area contributed by atoms with Crippen LogP contribution in [0.5, 0.6) is 0 Å². The van der Waals surface area contributed by atoms with E-state index in [0.717, 1.165) is 41.9 Å². The molecule has 5 unspecified atom stereocenters. The Balaban J connectivity index is 1.32. The minimum Gasteiger partial charge on any atom is -0.454 e. The summed E-state index contributed by atoms with van der Waals surface area (Å²) >= 11 is 0. The standard InChI is InChI=1S/C35H32N6O/c1-4-35-17-20-9-12-27(26(35)15-20)41-32-28(18-36-19-37-32)39(3)34(41)24-16-25(35)23-11-10-22-21-7-5-6-8-29(21)42-31(22)30(23)40-14-13-38(2)33(24)40/h5-15,18-19,24-25,33-34H,4,16-17H2,1-3H3. The second kappa shape index (κ2) is 7.65. The van der Waals surface area contributed by atoms with Gasteiger partial charge in [-0.1, -0.05) is 49.4 Å². The molecule has 0 saturated heterocycles. The van der Waals surface area contributed by atoms with Crippen molar-refractivity contribution in [3.63, 3.8) is 0 Å². The van der Waals surface area contributed by atoms with Gasteiger partial charge in [0.25, 0.3) is 0 Å². The Morgan fingerprint density at radius 3 is 2.79 bits per heavy atom. The van der Waals surface area contributed by atoms with E-state index in [1.165, 1.54) is 38.8 Å². The molecule has 7 nitrogen and oxygen atoms in total. The molecule has 5 aromatic rings. The zero-order valence-corrected chi connectivity index (χ0v) is 24.0. The fourth-order valence-electron chi connectivity index (χ4n) is 9.48. The van der Waals surface area contributed by atoms with E-state index in [0.29, 0.717) is 5.92 Å². The highest BCUT2D eigenvalue weighted by Gasteiger charge is 2.57. The van der Waals surface area contributed by atoms with E-state index >= 15 is 0 Å². The Bertz CT molecular complexity index is 2000. The maximum Gasteiger partial charge on any atom is 0.161 e. The van der Waals surface area contributed by atoms with Crippen LogP contribution in [0.25, 0.3) is 21.9 Å². The van der Waals surface area contributed by atoms with E-state index in [1.54, 1.807) is 6.33 Å². The number of benzene rings is 3. The SMILES string of the molecule is CCC12Cc3ccc(c1c3)N1c3ncncc3N(C)C1C1CC2c2ccc3c(oc4ccccc43)c2N2C=CN(C)C12. The van der Waals surface area contributed by atoms with Gasteiger partial charge in [0.05, 0.1) is 11.9 Å². The van der Waals surface area contributed by atoms with E-state index < -0.39 is 0 Å². The lowest BCUT2D eigenvalue weighted by Crippen LogP contribution is -2.56. The van der Waals surface area contributed by atoms with Gasteiger partial charge in [0.2, 0.25) is 0 Å². The molecule has 208 valence electrons. The third-order valence-corrected chi connectivity index (χ3v) is 11.2. The molecular weight excluding hydrogens is 520 g/mol. The Hall–Kier alpha value is -4.52. The zero-order chi connectivity index (χ0) is 27.9. The lowest BCUT2D eigenvalue weighted by Gasteiger charge is -2.48. The Labute approximate surface area is 244 Å². The molecule has 5 atom stereocenters. The summed E-state index contributed by atoms with van der Waals surface area (Å²) in [6, 6.07) is 20.5. The van der Waals surface area contributed by atoms with Crippen molar-refractivity contribution in [1.82, 2.24) is 14.9 Å². The maximum absolute atomic E-state index is 6.78. The molecule has 0 fully saturated rings. The summed E-state index contributed by atoms with van der Waals surface area (Å²) in [7, 11) is 4.46. The predicted octanol–water partition coefficient (Wildman–Crippen LogP) is 6.86. The van der Waals surface area contributed by atoms with Gasteiger partial charge >= 0.3 is 0 Å². The van der Waals surface area contributed by atoms with Crippen LogP contribution in [0.4, 0.5) is 22.9 Å². The van der Waals surface area contributed by atoms with Crippen LogP contribution in [0.15, 0.2) is 83.9 Å². The Kier molecular flexibility index (Phi) is 4.21. The van der Waals surface area contributed by atoms with Crippen LogP contribution >= 0.6 is 0 Å². The first-order valence-corrected chi connectivity index (χ1v) is 15.2. The molecule has 1 aliphatic carbocycles. The molecule has 2 aromatic heterocycles. The van der Waals surface area contributed by atoms with Gasteiger partial charge < -0.3 is 24.0 Å². The number of anilines is 4.